The van der Waals surface area contributed by atoms with Crippen LogP contribution in [-0.2, 0) is 19.4 Å². The summed E-state index contributed by atoms with van der Waals surface area (Å²) in [5, 5.41) is 11.0. The zero-order valence-corrected chi connectivity index (χ0v) is 9.79. The molecule has 0 spiro atoms. The Balaban J connectivity index is 2.36. The Morgan fingerprint density at radius 3 is 2.56 bits per heavy atom. The predicted molar refractivity (Wildman–Crippen MR) is 56.6 cm³/mol. The van der Waals surface area contributed by atoms with Gasteiger partial charge >= 0.3 is 5.97 Å². The molecule has 92 valence electrons. The number of amides is 1. The summed E-state index contributed by atoms with van der Waals surface area (Å²) in [5.74, 6) is -2.71. The van der Waals surface area contributed by atoms with Crippen LogP contribution in [0.3, 0.4) is 0 Å². The van der Waals surface area contributed by atoms with E-state index in [2.05, 4.69) is 5.32 Å². The van der Waals surface area contributed by atoms with Crippen molar-refractivity contribution in [2.45, 2.75) is 13.3 Å². The smallest absolute Gasteiger partial charge is 0.315 e. The van der Waals surface area contributed by atoms with Gasteiger partial charge in [0.25, 0.3) is 0 Å². The second kappa shape index (κ2) is 4.82. The molecule has 16 heavy (non-hydrogen) atoms. The second-order valence-corrected chi connectivity index (χ2v) is 6.30. The van der Waals surface area contributed by atoms with Crippen molar-refractivity contribution < 1.29 is 23.1 Å². The van der Waals surface area contributed by atoms with Crippen molar-refractivity contribution in [3.8, 4) is 0 Å². The summed E-state index contributed by atoms with van der Waals surface area (Å²) < 4.78 is 22.2. The van der Waals surface area contributed by atoms with E-state index < -0.39 is 27.6 Å². The third-order valence-electron chi connectivity index (χ3n) is 2.66. The van der Waals surface area contributed by atoms with Crippen LogP contribution in [0, 0.1) is 11.8 Å². The van der Waals surface area contributed by atoms with Gasteiger partial charge in [-0.25, -0.2) is 8.42 Å². The Morgan fingerprint density at radius 1 is 1.50 bits per heavy atom. The summed E-state index contributed by atoms with van der Waals surface area (Å²) in [5.41, 5.74) is 0. The first-order valence-corrected chi connectivity index (χ1v) is 6.85. The van der Waals surface area contributed by atoms with Crippen molar-refractivity contribution in [1.82, 2.24) is 5.32 Å². The molecule has 1 heterocycles. The average Bonchev–Trinajstić information content (AvgIpc) is 2.53. The summed E-state index contributed by atoms with van der Waals surface area (Å²) in [6.45, 7) is 1.53. The molecule has 0 aromatic carbocycles. The number of carboxylic acids is 1. The quantitative estimate of drug-likeness (QED) is 0.639. The Kier molecular flexibility index (Phi) is 3.90. The number of sulfone groups is 1. The van der Waals surface area contributed by atoms with Gasteiger partial charge in [0.05, 0.1) is 11.5 Å². The Bertz CT molecular complexity index is 389. The van der Waals surface area contributed by atoms with Gasteiger partial charge in [-0.2, -0.15) is 0 Å². The van der Waals surface area contributed by atoms with Crippen LogP contribution in [0.1, 0.15) is 13.3 Å². The molecule has 1 amide bonds. The predicted octanol–water partition coefficient (Wildman–Crippen LogP) is -0.742. The molecule has 0 aromatic rings. The van der Waals surface area contributed by atoms with Gasteiger partial charge in [-0.1, -0.05) is 0 Å². The summed E-state index contributed by atoms with van der Waals surface area (Å²) in [6, 6.07) is 0. The number of aliphatic carboxylic acids is 1. The van der Waals surface area contributed by atoms with Gasteiger partial charge in [-0.15, -0.1) is 0 Å². The van der Waals surface area contributed by atoms with Crippen molar-refractivity contribution in [1.29, 1.82) is 0 Å². The third kappa shape index (κ3) is 3.48. The van der Waals surface area contributed by atoms with Crippen LogP contribution in [0.5, 0.6) is 0 Å². The molecule has 1 fully saturated rings. The fourth-order valence-corrected chi connectivity index (χ4v) is 3.41. The zero-order chi connectivity index (χ0) is 12.3. The maximum absolute atomic E-state index is 11.3. The lowest BCUT2D eigenvalue weighted by molar-refractivity contribution is -0.146. The monoisotopic (exact) mass is 249 g/mol. The number of hydrogen-bond donors (Lipinski definition) is 2. The maximum atomic E-state index is 11.3. The van der Waals surface area contributed by atoms with Gasteiger partial charge in [0, 0.05) is 6.54 Å². The number of rotatable bonds is 4. The minimum Gasteiger partial charge on any atom is -0.481 e. The minimum absolute atomic E-state index is 0.0781. The lowest BCUT2D eigenvalue weighted by atomic mass is 10.1. The van der Waals surface area contributed by atoms with Crippen molar-refractivity contribution in [2.75, 3.05) is 18.1 Å². The second-order valence-electron chi connectivity index (χ2n) is 4.07. The summed E-state index contributed by atoms with van der Waals surface area (Å²) in [6.07, 6.45) is 0.532. The highest BCUT2D eigenvalue weighted by molar-refractivity contribution is 7.91. The Labute approximate surface area is 93.9 Å². The molecule has 1 aliphatic rings. The van der Waals surface area contributed by atoms with Gasteiger partial charge < -0.3 is 10.4 Å². The number of carboxylic acid groups (broad SMARTS) is 1. The fourth-order valence-electron chi connectivity index (χ4n) is 1.54. The molecule has 1 aliphatic heterocycles. The van der Waals surface area contributed by atoms with Crippen LogP contribution in [-0.4, -0.2) is 43.5 Å². The van der Waals surface area contributed by atoms with Crippen LogP contribution in [0.2, 0.25) is 0 Å². The van der Waals surface area contributed by atoms with E-state index in [-0.39, 0.29) is 24.0 Å². The van der Waals surface area contributed by atoms with Gasteiger partial charge in [-0.05, 0) is 19.3 Å². The summed E-state index contributed by atoms with van der Waals surface area (Å²) in [4.78, 5) is 21.7. The SMILES string of the molecule is CC(C(=O)O)C(=O)NCC1CCS(=O)(=O)C1. The number of hydrogen-bond acceptors (Lipinski definition) is 4. The third-order valence-corrected chi connectivity index (χ3v) is 4.49. The first-order valence-electron chi connectivity index (χ1n) is 5.03. The summed E-state index contributed by atoms with van der Waals surface area (Å²) in [7, 11) is -2.95. The molecule has 2 unspecified atom stereocenters. The lowest BCUT2D eigenvalue weighted by Gasteiger charge is -2.11. The molecule has 0 radical (unpaired) electrons. The zero-order valence-electron chi connectivity index (χ0n) is 8.97. The van der Waals surface area contributed by atoms with Crippen LogP contribution < -0.4 is 5.32 Å². The molecule has 1 rings (SSSR count). The highest BCUT2D eigenvalue weighted by atomic mass is 32.2. The van der Waals surface area contributed by atoms with E-state index in [1.807, 2.05) is 0 Å². The van der Waals surface area contributed by atoms with Crippen LogP contribution in [0.15, 0.2) is 0 Å². The van der Waals surface area contributed by atoms with Crippen molar-refractivity contribution >= 4 is 21.7 Å². The normalized spacial score (nSPS) is 24.9. The van der Waals surface area contributed by atoms with Crippen molar-refractivity contribution in [2.24, 2.45) is 11.8 Å². The van der Waals surface area contributed by atoms with E-state index in [1.165, 1.54) is 6.92 Å². The van der Waals surface area contributed by atoms with E-state index in [4.69, 9.17) is 5.11 Å². The maximum Gasteiger partial charge on any atom is 0.315 e. The van der Waals surface area contributed by atoms with E-state index in [9.17, 15) is 18.0 Å². The molecule has 6 nitrogen and oxygen atoms in total. The lowest BCUT2D eigenvalue weighted by Crippen LogP contribution is -2.36. The van der Waals surface area contributed by atoms with Crippen molar-refractivity contribution in [3.63, 3.8) is 0 Å². The van der Waals surface area contributed by atoms with E-state index >= 15 is 0 Å². The van der Waals surface area contributed by atoms with Crippen molar-refractivity contribution in [3.05, 3.63) is 0 Å². The van der Waals surface area contributed by atoms with E-state index in [1.54, 1.807) is 0 Å². The molecule has 0 saturated carbocycles. The highest BCUT2D eigenvalue weighted by Gasteiger charge is 2.29. The molecule has 0 aliphatic carbocycles. The fraction of sp³-hybridized carbons (Fsp3) is 0.778. The Hall–Kier alpha value is -1.11. The Morgan fingerprint density at radius 2 is 2.12 bits per heavy atom. The van der Waals surface area contributed by atoms with Crippen LogP contribution in [0.4, 0.5) is 0 Å². The average molecular weight is 249 g/mol. The standard InChI is InChI=1S/C9H15NO5S/c1-6(9(12)13)8(11)10-4-7-2-3-16(14,15)5-7/h6-7H,2-5H2,1H3,(H,10,11)(H,12,13). The minimum atomic E-state index is -2.95. The molecule has 0 aromatic heterocycles. The first kappa shape index (κ1) is 13.0. The number of carbonyl (C=O) groups is 2. The largest absolute Gasteiger partial charge is 0.481 e. The number of nitrogens with one attached hydrogen (secondary N) is 1. The van der Waals surface area contributed by atoms with Gasteiger partial charge in [0.1, 0.15) is 5.92 Å². The van der Waals surface area contributed by atoms with Gasteiger partial charge in [-0.3, -0.25) is 9.59 Å². The van der Waals surface area contributed by atoms with Crippen LogP contribution >= 0.6 is 0 Å². The molecule has 2 N–H and O–H groups in total. The molecular weight excluding hydrogens is 234 g/mol. The highest BCUT2D eigenvalue weighted by Crippen LogP contribution is 2.17. The molecule has 0 bridgehead atoms. The van der Waals surface area contributed by atoms with Gasteiger partial charge in [0.15, 0.2) is 9.84 Å². The topological polar surface area (TPSA) is 101 Å². The van der Waals surface area contributed by atoms with Gasteiger partial charge in [0.2, 0.25) is 5.91 Å². The molecule has 7 heteroatoms. The molecule has 2 atom stereocenters. The molecule has 1 saturated heterocycles. The summed E-state index contributed by atoms with van der Waals surface area (Å²) >= 11 is 0. The van der Waals surface area contributed by atoms with E-state index in [0.29, 0.717) is 6.42 Å². The molecular formula is C9H15NO5S. The van der Waals surface area contributed by atoms with Crippen LogP contribution in [0.25, 0.3) is 0 Å². The first-order chi connectivity index (χ1) is 7.32. The van der Waals surface area contributed by atoms with E-state index in [0.717, 1.165) is 0 Å². The number of carbonyl (C=O) groups excluding carboxylic acids is 1.